The van der Waals surface area contributed by atoms with E-state index in [1.165, 1.54) is 12.1 Å². The quantitative estimate of drug-likeness (QED) is 0.902. The number of likely N-dealkylation sites (tertiary alicyclic amines) is 2. The first-order chi connectivity index (χ1) is 11.1. The van der Waals surface area contributed by atoms with Gasteiger partial charge in [0.1, 0.15) is 5.75 Å². The van der Waals surface area contributed by atoms with Gasteiger partial charge in [-0.15, -0.1) is 0 Å². The van der Waals surface area contributed by atoms with Gasteiger partial charge < -0.3 is 14.9 Å². The maximum Gasteiger partial charge on any atom is 0.257 e. The van der Waals surface area contributed by atoms with Crippen LogP contribution in [0.15, 0.2) is 18.2 Å². The predicted octanol–water partition coefficient (Wildman–Crippen LogP) is 2.52. The van der Waals surface area contributed by atoms with E-state index in [4.69, 9.17) is 11.6 Å². The van der Waals surface area contributed by atoms with Gasteiger partial charge in [-0.25, -0.2) is 0 Å². The summed E-state index contributed by atoms with van der Waals surface area (Å²) in [5.41, 5.74) is 0.224. The van der Waals surface area contributed by atoms with E-state index < -0.39 is 0 Å². The number of phenols is 1. The van der Waals surface area contributed by atoms with Gasteiger partial charge in [0.05, 0.1) is 5.56 Å². The number of phenolic OH excluding ortho intramolecular Hbond substituents is 1. The van der Waals surface area contributed by atoms with Gasteiger partial charge in [-0.05, 0) is 43.9 Å². The van der Waals surface area contributed by atoms with Gasteiger partial charge in [-0.2, -0.15) is 0 Å². The molecule has 5 nitrogen and oxygen atoms in total. The molecule has 1 aromatic carbocycles. The molecule has 0 aliphatic carbocycles. The first kappa shape index (κ1) is 16.1. The molecule has 0 spiro atoms. The molecule has 0 radical (unpaired) electrons. The molecule has 2 aliphatic heterocycles. The van der Waals surface area contributed by atoms with E-state index in [2.05, 4.69) is 0 Å². The van der Waals surface area contributed by atoms with Crippen LogP contribution in [0.1, 0.15) is 36.0 Å². The Bertz CT molecular complexity index is 606. The summed E-state index contributed by atoms with van der Waals surface area (Å²) in [5, 5.41) is 10.3. The average Bonchev–Trinajstić information content (AvgIpc) is 3.10. The zero-order chi connectivity index (χ0) is 16.4. The van der Waals surface area contributed by atoms with Gasteiger partial charge in [0.25, 0.3) is 5.91 Å². The largest absolute Gasteiger partial charge is 0.507 e. The molecule has 2 amide bonds. The minimum Gasteiger partial charge on any atom is -0.507 e. The lowest BCUT2D eigenvalue weighted by Crippen LogP contribution is -2.43. The number of hydrogen-bond donors (Lipinski definition) is 1. The van der Waals surface area contributed by atoms with Gasteiger partial charge in [-0.1, -0.05) is 11.6 Å². The normalized spacial score (nSPS) is 19.2. The smallest absolute Gasteiger partial charge is 0.257 e. The predicted molar refractivity (Wildman–Crippen MR) is 87.6 cm³/mol. The Morgan fingerprint density at radius 3 is 2.35 bits per heavy atom. The molecule has 6 heteroatoms. The van der Waals surface area contributed by atoms with Crippen molar-refractivity contribution in [2.45, 2.75) is 25.7 Å². The highest BCUT2D eigenvalue weighted by atomic mass is 35.5. The SMILES string of the molecule is O=C(c1cc(Cl)ccc1O)N1CCC(C(=O)N2CCCC2)CC1. The van der Waals surface area contributed by atoms with Crippen molar-refractivity contribution in [1.82, 2.24) is 9.80 Å². The number of carbonyl (C=O) groups excluding carboxylic acids is 2. The molecule has 124 valence electrons. The van der Waals surface area contributed by atoms with E-state index in [1.54, 1.807) is 11.0 Å². The van der Waals surface area contributed by atoms with Crippen molar-refractivity contribution < 1.29 is 14.7 Å². The number of amides is 2. The highest BCUT2D eigenvalue weighted by molar-refractivity contribution is 6.31. The van der Waals surface area contributed by atoms with Crippen molar-refractivity contribution in [3.05, 3.63) is 28.8 Å². The van der Waals surface area contributed by atoms with Crippen LogP contribution in [0, 0.1) is 5.92 Å². The topological polar surface area (TPSA) is 60.9 Å². The Labute approximate surface area is 140 Å². The molecule has 2 aliphatic rings. The summed E-state index contributed by atoms with van der Waals surface area (Å²) in [6.07, 6.45) is 3.55. The van der Waals surface area contributed by atoms with Crippen LogP contribution < -0.4 is 0 Å². The Hall–Kier alpha value is -1.75. The molecule has 1 N–H and O–H groups in total. The lowest BCUT2D eigenvalue weighted by Gasteiger charge is -2.33. The van der Waals surface area contributed by atoms with Crippen LogP contribution in [0.3, 0.4) is 0 Å². The van der Waals surface area contributed by atoms with Gasteiger partial charge in [-0.3, -0.25) is 9.59 Å². The maximum absolute atomic E-state index is 12.5. The summed E-state index contributed by atoms with van der Waals surface area (Å²) in [7, 11) is 0. The van der Waals surface area contributed by atoms with E-state index in [0.717, 1.165) is 25.9 Å². The Morgan fingerprint density at radius 1 is 1.04 bits per heavy atom. The van der Waals surface area contributed by atoms with Gasteiger partial charge in [0.15, 0.2) is 0 Å². The number of benzene rings is 1. The molecule has 2 heterocycles. The van der Waals surface area contributed by atoms with Gasteiger partial charge in [0, 0.05) is 37.1 Å². The summed E-state index contributed by atoms with van der Waals surface area (Å²) in [4.78, 5) is 28.6. The third-order valence-electron chi connectivity index (χ3n) is 4.74. The third-order valence-corrected chi connectivity index (χ3v) is 4.97. The fourth-order valence-corrected chi connectivity index (χ4v) is 3.55. The van der Waals surface area contributed by atoms with Crippen molar-refractivity contribution >= 4 is 23.4 Å². The fraction of sp³-hybridized carbons (Fsp3) is 0.529. The summed E-state index contributed by atoms with van der Waals surface area (Å²) < 4.78 is 0. The van der Waals surface area contributed by atoms with Gasteiger partial charge in [0.2, 0.25) is 5.91 Å². The van der Waals surface area contributed by atoms with E-state index in [-0.39, 0.29) is 29.0 Å². The minimum atomic E-state index is -0.225. The first-order valence-corrected chi connectivity index (χ1v) is 8.50. The summed E-state index contributed by atoms with van der Waals surface area (Å²) in [6.45, 7) is 2.81. The zero-order valence-electron chi connectivity index (χ0n) is 13.0. The highest BCUT2D eigenvalue weighted by Crippen LogP contribution is 2.27. The standard InChI is InChI=1S/C17H21ClN2O3/c18-13-3-4-15(21)14(11-13)17(23)20-9-5-12(6-10-20)16(22)19-7-1-2-8-19/h3-4,11-12,21H,1-2,5-10H2. The monoisotopic (exact) mass is 336 g/mol. The Kier molecular flexibility index (Phi) is 4.76. The van der Waals surface area contributed by atoms with Crippen molar-refractivity contribution in [3.8, 4) is 5.75 Å². The molecule has 0 aromatic heterocycles. The van der Waals surface area contributed by atoms with Crippen LogP contribution in [0.25, 0.3) is 0 Å². The number of halogens is 1. The van der Waals surface area contributed by atoms with Crippen LogP contribution in [-0.2, 0) is 4.79 Å². The van der Waals surface area contributed by atoms with Gasteiger partial charge >= 0.3 is 0 Å². The van der Waals surface area contributed by atoms with E-state index in [1.807, 2.05) is 4.90 Å². The molecular formula is C17H21ClN2O3. The van der Waals surface area contributed by atoms with Crippen molar-refractivity contribution in [1.29, 1.82) is 0 Å². The average molecular weight is 337 g/mol. The van der Waals surface area contributed by atoms with Crippen LogP contribution in [0.4, 0.5) is 0 Å². The molecule has 23 heavy (non-hydrogen) atoms. The molecule has 3 rings (SSSR count). The molecular weight excluding hydrogens is 316 g/mol. The number of carbonyl (C=O) groups is 2. The Morgan fingerprint density at radius 2 is 1.70 bits per heavy atom. The van der Waals surface area contributed by atoms with Crippen LogP contribution in [0.5, 0.6) is 5.75 Å². The molecule has 0 atom stereocenters. The summed E-state index contributed by atoms with van der Waals surface area (Å²) in [6, 6.07) is 4.47. The molecule has 0 saturated carbocycles. The number of rotatable bonds is 2. The lowest BCUT2D eigenvalue weighted by molar-refractivity contribution is -0.135. The molecule has 0 bridgehead atoms. The number of aromatic hydroxyl groups is 1. The third kappa shape index (κ3) is 3.44. The second-order valence-corrected chi connectivity index (χ2v) is 6.70. The van der Waals surface area contributed by atoms with Crippen LogP contribution >= 0.6 is 11.6 Å². The maximum atomic E-state index is 12.5. The van der Waals surface area contributed by atoms with E-state index >= 15 is 0 Å². The molecule has 2 saturated heterocycles. The zero-order valence-corrected chi connectivity index (χ0v) is 13.8. The number of piperidine rings is 1. The Balaban J connectivity index is 1.61. The molecule has 2 fully saturated rings. The van der Waals surface area contributed by atoms with Crippen molar-refractivity contribution in [3.63, 3.8) is 0 Å². The summed E-state index contributed by atoms with van der Waals surface area (Å²) in [5.74, 6) is -0.0305. The molecule has 1 aromatic rings. The fourth-order valence-electron chi connectivity index (χ4n) is 3.38. The molecule has 0 unspecified atom stereocenters. The highest BCUT2D eigenvalue weighted by Gasteiger charge is 2.32. The number of nitrogens with zero attached hydrogens (tertiary/aromatic N) is 2. The number of hydrogen-bond acceptors (Lipinski definition) is 3. The second-order valence-electron chi connectivity index (χ2n) is 6.26. The van der Waals surface area contributed by atoms with Crippen LogP contribution in [-0.4, -0.2) is 52.9 Å². The van der Waals surface area contributed by atoms with E-state index in [9.17, 15) is 14.7 Å². The lowest BCUT2D eigenvalue weighted by atomic mass is 9.95. The van der Waals surface area contributed by atoms with E-state index in [0.29, 0.717) is 31.0 Å². The van der Waals surface area contributed by atoms with Crippen LogP contribution in [0.2, 0.25) is 5.02 Å². The second kappa shape index (κ2) is 6.79. The van der Waals surface area contributed by atoms with Crippen molar-refractivity contribution in [2.75, 3.05) is 26.2 Å². The minimum absolute atomic E-state index is 0.0186. The first-order valence-electron chi connectivity index (χ1n) is 8.13. The summed E-state index contributed by atoms with van der Waals surface area (Å²) >= 11 is 5.91. The van der Waals surface area contributed by atoms with Crippen molar-refractivity contribution in [2.24, 2.45) is 5.92 Å².